The van der Waals surface area contributed by atoms with Gasteiger partial charge >= 0.3 is 11.9 Å². The molecule has 6 heteroatoms. The number of carbonyl (C=O) groups is 2. The molecule has 4 aromatic carbocycles. The van der Waals surface area contributed by atoms with Crippen molar-refractivity contribution in [3.63, 3.8) is 0 Å². The van der Waals surface area contributed by atoms with Gasteiger partial charge in [0.05, 0.1) is 0 Å². The highest BCUT2D eigenvalue weighted by Gasteiger charge is 2.25. The number of carboxylic acid groups (broad SMARTS) is 2. The molecule has 0 saturated carbocycles. The van der Waals surface area contributed by atoms with E-state index in [4.69, 9.17) is 0 Å². The maximum absolute atomic E-state index is 11.7. The van der Waals surface area contributed by atoms with Crippen LogP contribution in [0, 0.1) is 0 Å². The van der Waals surface area contributed by atoms with E-state index in [-0.39, 0.29) is 37.1 Å². The summed E-state index contributed by atoms with van der Waals surface area (Å²) >= 11 is 0. The molecule has 30 heavy (non-hydrogen) atoms. The van der Waals surface area contributed by atoms with Crippen LogP contribution >= 0.6 is 0 Å². The molecule has 0 aliphatic rings. The fourth-order valence-corrected chi connectivity index (χ4v) is 3.51. The van der Waals surface area contributed by atoms with Crippen LogP contribution in [0.2, 0.25) is 0 Å². The predicted molar refractivity (Wildman–Crippen MR) is 118 cm³/mol. The third-order valence-electron chi connectivity index (χ3n) is 4.75. The first-order valence-corrected chi connectivity index (χ1v) is 8.36. The van der Waals surface area contributed by atoms with Crippen LogP contribution in [0.5, 0.6) is 11.5 Å². The van der Waals surface area contributed by atoms with Gasteiger partial charge in [0, 0.05) is 11.1 Å². The molecule has 4 rings (SSSR count). The van der Waals surface area contributed by atoms with Crippen molar-refractivity contribution < 1.29 is 30.0 Å². The van der Waals surface area contributed by atoms with Crippen molar-refractivity contribution in [1.82, 2.24) is 0 Å². The first kappa shape index (κ1) is 22.2. The molecule has 0 unspecified atom stereocenters. The molecule has 0 fully saturated rings. The third-order valence-corrected chi connectivity index (χ3v) is 4.75. The summed E-state index contributed by atoms with van der Waals surface area (Å²) in [5.41, 5.74) is -0.518. The van der Waals surface area contributed by atoms with E-state index < -0.39 is 23.4 Å². The average molecular weight is 406 g/mol. The van der Waals surface area contributed by atoms with Gasteiger partial charge in [0.1, 0.15) is 22.6 Å². The molecule has 0 bridgehead atoms. The Bertz CT molecular complexity index is 1190. The molecule has 154 valence electrons. The summed E-state index contributed by atoms with van der Waals surface area (Å²) in [5.74, 6) is -3.73. The smallest absolute Gasteiger partial charge is 0.339 e. The number of aromatic carboxylic acids is 2. The Morgan fingerprint density at radius 1 is 0.600 bits per heavy atom. The molecule has 0 heterocycles. The lowest BCUT2D eigenvalue weighted by Gasteiger charge is -2.17. The first-order valence-electron chi connectivity index (χ1n) is 8.36. The van der Waals surface area contributed by atoms with Gasteiger partial charge in [-0.1, -0.05) is 63.4 Å². The van der Waals surface area contributed by atoms with Crippen LogP contribution in [-0.2, 0) is 0 Å². The molecular weight excluding hydrogens is 384 g/mol. The van der Waals surface area contributed by atoms with E-state index in [1.54, 1.807) is 48.5 Å². The zero-order valence-corrected chi connectivity index (χ0v) is 14.4. The Kier molecular flexibility index (Phi) is 6.02. The minimum atomic E-state index is -1.33. The van der Waals surface area contributed by atoms with Gasteiger partial charge in [-0.2, -0.15) is 0 Å². The SMILES string of the molecule is C.C.O=C(O)c1cc2ccccc2c(-c2c(O)c(C(=O)O)cc3ccccc23)c1O. The maximum Gasteiger partial charge on any atom is 0.339 e. The second-order valence-electron chi connectivity index (χ2n) is 6.35. The summed E-state index contributed by atoms with van der Waals surface area (Å²) in [7, 11) is 0. The summed E-state index contributed by atoms with van der Waals surface area (Å²) in [6, 6.07) is 16.3. The van der Waals surface area contributed by atoms with Crippen LogP contribution in [0.1, 0.15) is 35.6 Å². The van der Waals surface area contributed by atoms with Crippen molar-refractivity contribution in [2.45, 2.75) is 14.9 Å². The lowest BCUT2D eigenvalue weighted by atomic mass is 9.89. The van der Waals surface area contributed by atoms with Crippen molar-refractivity contribution in [2.75, 3.05) is 0 Å². The van der Waals surface area contributed by atoms with E-state index in [1.165, 1.54) is 12.1 Å². The van der Waals surface area contributed by atoms with E-state index >= 15 is 0 Å². The molecule has 4 aromatic rings. The molecule has 0 amide bonds. The van der Waals surface area contributed by atoms with E-state index in [1.807, 2.05) is 0 Å². The van der Waals surface area contributed by atoms with Gasteiger partial charge in [0.15, 0.2) is 0 Å². The van der Waals surface area contributed by atoms with Gasteiger partial charge in [0.2, 0.25) is 0 Å². The minimum Gasteiger partial charge on any atom is -0.506 e. The number of fused-ring (bicyclic) bond motifs is 2. The molecule has 0 radical (unpaired) electrons. The van der Waals surface area contributed by atoms with Crippen molar-refractivity contribution in [1.29, 1.82) is 0 Å². The monoisotopic (exact) mass is 406 g/mol. The van der Waals surface area contributed by atoms with Gasteiger partial charge in [-0.15, -0.1) is 0 Å². The summed E-state index contributed by atoms with van der Waals surface area (Å²) in [6.45, 7) is 0. The Balaban J connectivity index is 0.00000160. The fourth-order valence-electron chi connectivity index (χ4n) is 3.51. The molecule has 0 atom stereocenters. The largest absolute Gasteiger partial charge is 0.506 e. The van der Waals surface area contributed by atoms with Crippen molar-refractivity contribution in [3.05, 3.63) is 71.8 Å². The Morgan fingerprint density at radius 2 is 0.933 bits per heavy atom. The van der Waals surface area contributed by atoms with Crippen molar-refractivity contribution in [3.8, 4) is 22.6 Å². The molecule has 0 spiro atoms. The lowest BCUT2D eigenvalue weighted by Crippen LogP contribution is -2.01. The van der Waals surface area contributed by atoms with Crippen LogP contribution < -0.4 is 0 Å². The van der Waals surface area contributed by atoms with E-state index in [9.17, 15) is 30.0 Å². The normalized spacial score (nSPS) is 10.3. The number of hydrogen-bond donors (Lipinski definition) is 4. The zero-order valence-electron chi connectivity index (χ0n) is 14.4. The summed E-state index contributed by atoms with van der Waals surface area (Å²) in [5, 5.41) is 42.6. The molecule has 6 nitrogen and oxygen atoms in total. The summed E-state index contributed by atoms with van der Waals surface area (Å²) in [6.07, 6.45) is 0. The second-order valence-corrected chi connectivity index (χ2v) is 6.35. The van der Waals surface area contributed by atoms with Gasteiger partial charge < -0.3 is 20.4 Å². The number of carboxylic acids is 2. The number of rotatable bonds is 3. The van der Waals surface area contributed by atoms with Gasteiger partial charge in [-0.05, 0) is 33.7 Å². The van der Waals surface area contributed by atoms with Gasteiger partial charge in [0.25, 0.3) is 0 Å². The Hall–Kier alpha value is -4.06. The number of hydrogen-bond acceptors (Lipinski definition) is 4. The van der Waals surface area contributed by atoms with Crippen LogP contribution in [0.3, 0.4) is 0 Å². The average Bonchev–Trinajstić information content (AvgIpc) is 2.67. The van der Waals surface area contributed by atoms with E-state index in [0.29, 0.717) is 21.5 Å². The number of phenols is 2. The third kappa shape index (κ3) is 3.28. The highest BCUT2D eigenvalue weighted by molar-refractivity contribution is 6.15. The number of aromatic hydroxyl groups is 2. The van der Waals surface area contributed by atoms with Crippen molar-refractivity contribution in [2.24, 2.45) is 0 Å². The molecular formula is C24H22O6. The molecule has 0 aliphatic heterocycles. The summed E-state index contributed by atoms with van der Waals surface area (Å²) < 4.78 is 0. The van der Waals surface area contributed by atoms with E-state index in [0.717, 1.165) is 0 Å². The molecule has 0 saturated heterocycles. The first-order chi connectivity index (χ1) is 13.4. The summed E-state index contributed by atoms with van der Waals surface area (Å²) in [4.78, 5) is 23.3. The highest BCUT2D eigenvalue weighted by Crippen LogP contribution is 2.47. The quantitative estimate of drug-likeness (QED) is 0.345. The van der Waals surface area contributed by atoms with Crippen LogP contribution in [0.4, 0.5) is 0 Å². The van der Waals surface area contributed by atoms with Gasteiger partial charge in [-0.25, -0.2) is 9.59 Å². The van der Waals surface area contributed by atoms with Gasteiger partial charge in [-0.3, -0.25) is 0 Å². The van der Waals surface area contributed by atoms with Crippen LogP contribution in [0.25, 0.3) is 32.7 Å². The Morgan fingerprint density at radius 3 is 1.27 bits per heavy atom. The molecule has 0 aromatic heterocycles. The van der Waals surface area contributed by atoms with Crippen LogP contribution in [-0.4, -0.2) is 32.4 Å². The Labute approximate surface area is 173 Å². The number of benzene rings is 4. The minimum absolute atomic E-state index is 0. The topological polar surface area (TPSA) is 115 Å². The van der Waals surface area contributed by atoms with Crippen LogP contribution in [0.15, 0.2) is 60.7 Å². The zero-order chi connectivity index (χ0) is 20.0. The lowest BCUT2D eigenvalue weighted by molar-refractivity contribution is 0.0682. The fraction of sp³-hybridized carbons (Fsp3) is 0.0833. The molecule has 0 aliphatic carbocycles. The van der Waals surface area contributed by atoms with E-state index in [2.05, 4.69) is 0 Å². The predicted octanol–water partition coefficient (Wildman–Crippen LogP) is 5.74. The van der Waals surface area contributed by atoms with Crippen molar-refractivity contribution >= 4 is 33.5 Å². The molecule has 4 N–H and O–H groups in total. The maximum atomic E-state index is 11.7. The standard InChI is InChI=1S/C22H14O6.2CH4/c23-19-15(21(25)26)9-11-5-1-3-7-13(11)17(19)18-14-8-4-2-6-12(14)10-16(20(18)24)22(27)28;;/h1-10,23-24H,(H,25,26)(H,27,28);2*1H4. The second kappa shape index (κ2) is 8.13. The highest BCUT2D eigenvalue weighted by atomic mass is 16.4.